The normalized spacial score (nSPS) is 19.4. The van der Waals surface area contributed by atoms with Gasteiger partial charge in [0.2, 0.25) is 17.9 Å². The molecule has 1 saturated heterocycles. The van der Waals surface area contributed by atoms with Gasteiger partial charge in [-0.2, -0.15) is 0 Å². The van der Waals surface area contributed by atoms with E-state index in [4.69, 9.17) is 14.2 Å². The number of ether oxygens (including phenoxy) is 3. The van der Waals surface area contributed by atoms with Crippen LogP contribution >= 0.6 is 0 Å². The maximum absolute atomic E-state index is 12.5. The first-order chi connectivity index (χ1) is 15.5. The average Bonchev–Trinajstić information content (AvgIpc) is 3.23. The van der Waals surface area contributed by atoms with Gasteiger partial charge in [-0.25, -0.2) is 0 Å². The molecule has 4 rings (SSSR count). The molecule has 168 valence electrons. The van der Waals surface area contributed by atoms with Crippen molar-refractivity contribution in [3.05, 3.63) is 48.5 Å². The molecule has 3 amide bonds. The van der Waals surface area contributed by atoms with Gasteiger partial charge in [0.1, 0.15) is 12.4 Å². The van der Waals surface area contributed by atoms with Crippen LogP contribution < -0.4 is 29.7 Å². The van der Waals surface area contributed by atoms with E-state index in [1.807, 2.05) is 12.1 Å². The topological polar surface area (TPSA) is 106 Å². The predicted octanol–water partition coefficient (Wildman–Crippen LogP) is 1.12. The summed E-state index contributed by atoms with van der Waals surface area (Å²) in [4.78, 5) is 38.8. The average molecular weight is 439 g/mol. The van der Waals surface area contributed by atoms with Gasteiger partial charge < -0.3 is 29.7 Å². The molecule has 0 bridgehead atoms. The third-order valence-corrected chi connectivity index (χ3v) is 5.39. The van der Waals surface area contributed by atoms with Crippen molar-refractivity contribution in [1.29, 1.82) is 0 Å². The van der Waals surface area contributed by atoms with Crippen molar-refractivity contribution in [3.63, 3.8) is 0 Å². The summed E-state index contributed by atoms with van der Waals surface area (Å²) in [5, 5.41) is 5.52. The number of carbonyl (C=O) groups excluding carboxylic acids is 3. The van der Waals surface area contributed by atoms with Gasteiger partial charge in [-0.05, 0) is 24.3 Å². The Morgan fingerprint density at radius 2 is 1.81 bits per heavy atom. The minimum absolute atomic E-state index is 0.110. The maximum Gasteiger partial charge on any atom is 0.264 e. The van der Waals surface area contributed by atoms with Gasteiger partial charge in [-0.1, -0.05) is 18.2 Å². The quantitative estimate of drug-likeness (QED) is 0.627. The van der Waals surface area contributed by atoms with Crippen LogP contribution in [-0.4, -0.2) is 57.2 Å². The molecule has 0 aromatic heterocycles. The first-order valence-corrected chi connectivity index (χ1v) is 10.4. The van der Waals surface area contributed by atoms with Gasteiger partial charge in [0.15, 0.2) is 11.5 Å². The van der Waals surface area contributed by atoms with Crippen LogP contribution in [-0.2, 0) is 14.4 Å². The molecule has 9 heteroatoms. The first-order valence-electron chi connectivity index (χ1n) is 10.4. The minimum Gasteiger partial charge on any atom is -0.497 e. The van der Waals surface area contributed by atoms with Crippen LogP contribution in [0.4, 0.5) is 5.69 Å². The molecule has 2 aromatic carbocycles. The zero-order valence-electron chi connectivity index (χ0n) is 17.7. The van der Waals surface area contributed by atoms with Gasteiger partial charge in [0.25, 0.3) is 5.91 Å². The van der Waals surface area contributed by atoms with Crippen LogP contribution in [0.1, 0.15) is 6.42 Å². The molecule has 2 aliphatic heterocycles. The fraction of sp³-hybridized carbons (Fsp3) is 0.348. The van der Waals surface area contributed by atoms with E-state index < -0.39 is 12.0 Å². The Morgan fingerprint density at radius 3 is 2.59 bits per heavy atom. The molecule has 2 aliphatic rings. The summed E-state index contributed by atoms with van der Waals surface area (Å²) in [5.74, 6) is 0.696. The lowest BCUT2D eigenvalue weighted by Crippen LogP contribution is -2.46. The van der Waals surface area contributed by atoms with E-state index in [9.17, 15) is 14.4 Å². The Bertz CT molecular complexity index is 1010. The predicted molar refractivity (Wildman–Crippen MR) is 116 cm³/mol. The number of amides is 3. The lowest BCUT2D eigenvalue weighted by atomic mass is 10.1. The largest absolute Gasteiger partial charge is 0.497 e. The van der Waals surface area contributed by atoms with Crippen molar-refractivity contribution >= 4 is 23.4 Å². The van der Waals surface area contributed by atoms with Crippen molar-refractivity contribution in [2.75, 3.05) is 38.3 Å². The molecule has 0 unspecified atom stereocenters. The zero-order valence-corrected chi connectivity index (χ0v) is 17.7. The number of fused-ring (bicyclic) bond motifs is 1. The van der Waals surface area contributed by atoms with E-state index in [-0.39, 0.29) is 43.8 Å². The third-order valence-electron chi connectivity index (χ3n) is 5.39. The molecule has 2 atom stereocenters. The van der Waals surface area contributed by atoms with Gasteiger partial charge in [0.05, 0.1) is 13.0 Å². The summed E-state index contributed by atoms with van der Waals surface area (Å²) in [7, 11) is 1.56. The molecular weight excluding hydrogens is 414 g/mol. The number of hydrogen-bond acceptors (Lipinski definition) is 6. The minimum atomic E-state index is -0.746. The smallest absolute Gasteiger partial charge is 0.264 e. The van der Waals surface area contributed by atoms with Crippen LogP contribution in [0.2, 0.25) is 0 Å². The summed E-state index contributed by atoms with van der Waals surface area (Å²) in [6.07, 6.45) is -0.605. The molecule has 0 saturated carbocycles. The Hall–Kier alpha value is -3.75. The molecule has 32 heavy (non-hydrogen) atoms. The number of nitrogens with one attached hydrogen (secondary N) is 2. The number of hydrogen-bond donors (Lipinski definition) is 2. The highest BCUT2D eigenvalue weighted by molar-refractivity contribution is 6.00. The Balaban J connectivity index is 1.21. The van der Waals surface area contributed by atoms with E-state index >= 15 is 0 Å². The number of benzene rings is 2. The molecule has 9 nitrogen and oxygen atoms in total. The summed E-state index contributed by atoms with van der Waals surface area (Å²) in [5.41, 5.74) is 0.702. The molecule has 2 aromatic rings. The van der Waals surface area contributed by atoms with Crippen LogP contribution in [0.25, 0.3) is 0 Å². The molecule has 1 fully saturated rings. The Labute approximate surface area is 185 Å². The number of carbonyl (C=O) groups is 3. The Morgan fingerprint density at radius 1 is 1.06 bits per heavy atom. The molecule has 2 N–H and O–H groups in total. The number of nitrogens with zero attached hydrogens (tertiary/aromatic N) is 1. The highest BCUT2D eigenvalue weighted by atomic mass is 16.6. The molecule has 0 spiro atoms. The monoisotopic (exact) mass is 439 g/mol. The third kappa shape index (κ3) is 4.77. The van der Waals surface area contributed by atoms with Crippen molar-refractivity contribution in [2.45, 2.75) is 12.5 Å². The van der Waals surface area contributed by atoms with E-state index in [1.54, 1.807) is 48.4 Å². The first kappa shape index (κ1) is 21.5. The number of rotatable bonds is 7. The lowest BCUT2D eigenvalue weighted by Gasteiger charge is -2.25. The van der Waals surface area contributed by atoms with E-state index in [1.165, 1.54) is 0 Å². The fourth-order valence-corrected chi connectivity index (χ4v) is 3.69. The second-order valence-electron chi connectivity index (χ2n) is 7.55. The van der Waals surface area contributed by atoms with Crippen molar-refractivity contribution in [1.82, 2.24) is 10.6 Å². The highest BCUT2D eigenvalue weighted by Gasteiger charge is 2.35. The second-order valence-corrected chi connectivity index (χ2v) is 7.55. The van der Waals surface area contributed by atoms with Crippen LogP contribution in [0, 0.1) is 5.92 Å². The van der Waals surface area contributed by atoms with Crippen molar-refractivity contribution in [3.8, 4) is 17.2 Å². The Kier molecular flexibility index (Phi) is 6.44. The van der Waals surface area contributed by atoms with Gasteiger partial charge >= 0.3 is 0 Å². The highest BCUT2D eigenvalue weighted by Crippen LogP contribution is 2.31. The summed E-state index contributed by atoms with van der Waals surface area (Å²) in [6.45, 7) is 0.918. The maximum atomic E-state index is 12.5. The lowest BCUT2D eigenvalue weighted by molar-refractivity contribution is -0.130. The van der Waals surface area contributed by atoms with Gasteiger partial charge in [0, 0.05) is 37.8 Å². The number of anilines is 1. The summed E-state index contributed by atoms with van der Waals surface area (Å²) in [6, 6.07) is 14.3. The van der Waals surface area contributed by atoms with Gasteiger partial charge in [-0.3, -0.25) is 14.4 Å². The van der Waals surface area contributed by atoms with Crippen LogP contribution in [0.5, 0.6) is 17.2 Å². The SMILES string of the molecule is COc1cccc(N2C[C@H](C(=O)NCCNC(=O)[C@@H]3COc4ccccc4O3)CC2=O)c1. The van der Waals surface area contributed by atoms with E-state index in [0.29, 0.717) is 29.5 Å². The second kappa shape index (κ2) is 9.59. The van der Waals surface area contributed by atoms with E-state index in [2.05, 4.69) is 10.6 Å². The summed E-state index contributed by atoms with van der Waals surface area (Å²) >= 11 is 0. The molecular formula is C23H25N3O6. The molecule has 0 radical (unpaired) electrons. The van der Waals surface area contributed by atoms with E-state index in [0.717, 1.165) is 0 Å². The standard InChI is InChI=1S/C23H25N3O6/c1-30-17-6-4-5-16(12-17)26-13-15(11-21(26)27)22(28)24-9-10-25-23(29)20-14-31-18-7-2-3-8-19(18)32-20/h2-8,12,15,20H,9-11,13-14H2,1H3,(H,24,28)(H,25,29)/t15-,20+/m1/s1. The van der Waals surface area contributed by atoms with Crippen molar-refractivity contribution < 1.29 is 28.6 Å². The van der Waals surface area contributed by atoms with Crippen LogP contribution in [0.3, 0.4) is 0 Å². The number of para-hydroxylation sites is 2. The van der Waals surface area contributed by atoms with Gasteiger partial charge in [-0.15, -0.1) is 0 Å². The van der Waals surface area contributed by atoms with Crippen LogP contribution in [0.15, 0.2) is 48.5 Å². The molecule has 2 heterocycles. The summed E-state index contributed by atoms with van der Waals surface area (Å²) < 4.78 is 16.4. The number of methoxy groups -OCH3 is 1. The fourth-order valence-electron chi connectivity index (χ4n) is 3.69. The zero-order chi connectivity index (χ0) is 22.5. The van der Waals surface area contributed by atoms with Crippen molar-refractivity contribution in [2.24, 2.45) is 5.92 Å². The molecule has 0 aliphatic carbocycles.